The molecule has 6 nitrogen and oxygen atoms in total. The first-order valence-electron chi connectivity index (χ1n) is 8.40. The molecular formula is C17H24N4O2. The van der Waals surface area contributed by atoms with Crippen LogP contribution >= 0.6 is 0 Å². The van der Waals surface area contributed by atoms with E-state index in [1.54, 1.807) is 18.3 Å². The number of fused-ring (bicyclic) bond motifs is 1. The van der Waals surface area contributed by atoms with Gasteiger partial charge in [-0.1, -0.05) is 6.92 Å². The molecule has 2 fully saturated rings. The topological polar surface area (TPSA) is 79.5 Å². The highest BCUT2D eigenvalue weighted by Crippen LogP contribution is 2.32. The van der Waals surface area contributed by atoms with Gasteiger partial charge >= 0.3 is 0 Å². The fourth-order valence-corrected chi connectivity index (χ4v) is 3.83. The summed E-state index contributed by atoms with van der Waals surface area (Å²) in [6.07, 6.45) is 4.89. The highest BCUT2D eigenvalue weighted by molar-refractivity contribution is 5.94. The highest BCUT2D eigenvalue weighted by Gasteiger charge is 2.39. The maximum absolute atomic E-state index is 12.7. The van der Waals surface area contributed by atoms with Gasteiger partial charge in [-0.15, -0.1) is 0 Å². The molecule has 2 aliphatic heterocycles. The molecule has 2 aliphatic rings. The lowest BCUT2D eigenvalue weighted by Gasteiger charge is -2.47. The Balaban J connectivity index is 1.70. The summed E-state index contributed by atoms with van der Waals surface area (Å²) in [5.41, 5.74) is 6.26. The summed E-state index contributed by atoms with van der Waals surface area (Å²) in [7, 11) is 0. The van der Waals surface area contributed by atoms with Crippen LogP contribution in [0.4, 0.5) is 5.82 Å². The highest BCUT2D eigenvalue weighted by atomic mass is 16.2. The van der Waals surface area contributed by atoms with Crippen molar-refractivity contribution in [3.8, 4) is 0 Å². The van der Waals surface area contributed by atoms with E-state index in [9.17, 15) is 9.59 Å². The number of nitrogens with two attached hydrogens (primary N) is 1. The van der Waals surface area contributed by atoms with E-state index in [2.05, 4.69) is 11.9 Å². The molecule has 1 aromatic heterocycles. The zero-order chi connectivity index (χ0) is 16.4. The van der Waals surface area contributed by atoms with Crippen LogP contribution in [0.3, 0.4) is 0 Å². The van der Waals surface area contributed by atoms with E-state index in [0.29, 0.717) is 36.3 Å². The molecule has 2 amide bonds. The van der Waals surface area contributed by atoms with Crippen LogP contribution in [-0.4, -0.2) is 52.3 Å². The van der Waals surface area contributed by atoms with Gasteiger partial charge in [0.25, 0.3) is 5.91 Å². The fourth-order valence-electron chi connectivity index (χ4n) is 3.83. The second-order valence-corrected chi connectivity index (χ2v) is 6.46. The maximum Gasteiger partial charge on any atom is 0.254 e. The largest absolute Gasteiger partial charge is 0.384 e. The Kier molecular flexibility index (Phi) is 4.50. The molecule has 0 aliphatic carbocycles. The minimum Gasteiger partial charge on any atom is -0.384 e. The SMILES string of the molecule is CCCN1C(=O)CC[C@H]2CN(C(=O)c3ccnc(N)c3)CC[C@H]21. The smallest absolute Gasteiger partial charge is 0.254 e. The molecule has 0 aromatic carbocycles. The van der Waals surface area contributed by atoms with E-state index in [4.69, 9.17) is 5.73 Å². The van der Waals surface area contributed by atoms with E-state index in [0.717, 1.165) is 32.4 Å². The van der Waals surface area contributed by atoms with Crippen molar-refractivity contribution in [3.63, 3.8) is 0 Å². The van der Waals surface area contributed by atoms with Gasteiger partial charge in [0.15, 0.2) is 0 Å². The molecule has 2 saturated heterocycles. The molecule has 3 heterocycles. The van der Waals surface area contributed by atoms with Crippen LogP contribution in [0.25, 0.3) is 0 Å². The van der Waals surface area contributed by atoms with Crippen molar-refractivity contribution in [1.82, 2.24) is 14.8 Å². The molecule has 0 spiro atoms. The molecule has 23 heavy (non-hydrogen) atoms. The number of rotatable bonds is 3. The second kappa shape index (κ2) is 6.56. The van der Waals surface area contributed by atoms with E-state index in [1.165, 1.54) is 0 Å². The van der Waals surface area contributed by atoms with Gasteiger partial charge in [0.1, 0.15) is 5.82 Å². The Hall–Kier alpha value is -2.11. The number of nitrogen functional groups attached to an aromatic ring is 1. The normalized spacial score (nSPS) is 24.5. The number of hydrogen-bond acceptors (Lipinski definition) is 4. The maximum atomic E-state index is 12.7. The minimum atomic E-state index is 0.0106. The fraction of sp³-hybridized carbons (Fsp3) is 0.588. The van der Waals surface area contributed by atoms with Gasteiger partial charge in [-0.25, -0.2) is 4.98 Å². The minimum absolute atomic E-state index is 0.0106. The molecule has 0 saturated carbocycles. The zero-order valence-electron chi connectivity index (χ0n) is 13.6. The molecule has 0 unspecified atom stereocenters. The van der Waals surface area contributed by atoms with Crippen LogP contribution in [0, 0.1) is 5.92 Å². The van der Waals surface area contributed by atoms with E-state index in [1.807, 2.05) is 9.80 Å². The van der Waals surface area contributed by atoms with Crippen LogP contribution in [0.5, 0.6) is 0 Å². The molecule has 1 aromatic rings. The quantitative estimate of drug-likeness (QED) is 0.917. The number of amides is 2. The lowest BCUT2D eigenvalue weighted by Crippen LogP contribution is -2.57. The predicted molar refractivity (Wildman–Crippen MR) is 87.7 cm³/mol. The lowest BCUT2D eigenvalue weighted by atomic mass is 9.83. The standard InChI is InChI=1S/C17H24N4O2/c1-2-8-21-14-6-9-20(11-13(14)3-4-16(21)22)17(23)12-5-7-19-15(18)10-12/h5,7,10,13-14H,2-4,6,8-9,11H2,1H3,(H2,18,19)/t13-,14+/m0/s1. The first kappa shape index (κ1) is 15.8. The Morgan fingerprint density at radius 2 is 2.26 bits per heavy atom. The van der Waals surface area contributed by atoms with Gasteiger partial charge in [0.05, 0.1) is 0 Å². The molecule has 0 bridgehead atoms. The summed E-state index contributed by atoms with van der Waals surface area (Å²) in [6, 6.07) is 3.63. The summed E-state index contributed by atoms with van der Waals surface area (Å²) in [5.74, 6) is 1.03. The number of aromatic nitrogens is 1. The van der Waals surface area contributed by atoms with Crippen LogP contribution in [0.15, 0.2) is 18.3 Å². The third kappa shape index (κ3) is 3.16. The Labute approximate surface area is 136 Å². The number of piperidine rings is 2. The molecule has 0 radical (unpaired) electrons. The average molecular weight is 316 g/mol. The van der Waals surface area contributed by atoms with Crippen molar-refractivity contribution >= 4 is 17.6 Å². The van der Waals surface area contributed by atoms with Crippen LogP contribution in [0.1, 0.15) is 43.0 Å². The van der Waals surface area contributed by atoms with Crippen molar-refractivity contribution in [1.29, 1.82) is 0 Å². The number of nitrogens with zero attached hydrogens (tertiary/aromatic N) is 3. The van der Waals surface area contributed by atoms with Crippen molar-refractivity contribution in [3.05, 3.63) is 23.9 Å². The van der Waals surface area contributed by atoms with Gasteiger partial charge in [0, 0.05) is 43.9 Å². The third-order valence-corrected chi connectivity index (χ3v) is 4.92. The van der Waals surface area contributed by atoms with E-state index >= 15 is 0 Å². The lowest BCUT2D eigenvalue weighted by molar-refractivity contribution is -0.140. The molecule has 2 N–H and O–H groups in total. The molecular weight excluding hydrogens is 292 g/mol. The number of anilines is 1. The number of pyridine rings is 1. The van der Waals surface area contributed by atoms with Crippen LogP contribution in [0.2, 0.25) is 0 Å². The molecule has 2 atom stereocenters. The Morgan fingerprint density at radius 1 is 1.43 bits per heavy atom. The average Bonchev–Trinajstić information content (AvgIpc) is 2.56. The summed E-state index contributed by atoms with van der Waals surface area (Å²) in [6.45, 7) is 4.34. The number of likely N-dealkylation sites (tertiary alicyclic amines) is 2. The van der Waals surface area contributed by atoms with Crippen molar-refractivity contribution in [2.45, 2.75) is 38.6 Å². The Bertz CT molecular complexity index is 604. The van der Waals surface area contributed by atoms with Crippen LogP contribution < -0.4 is 5.73 Å². The van der Waals surface area contributed by atoms with Gasteiger partial charge in [-0.2, -0.15) is 0 Å². The second-order valence-electron chi connectivity index (χ2n) is 6.46. The number of carbonyl (C=O) groups excluding carboxylic acids is 2. The predicted octanol–water partition coefficient (Wildman–Crippen LogP) is 1.53. The molecule has 6 heteroatoms. The van der Waals surface area contributed by atoms with Gasteiger partial charge in [-0.3, -0.25) is 9.59 Å². The van der Waals surface area contributed by atoms with Crippen LogP contribution in [-0.2, 0) is 4.79 Å². The van der Waals surface area contributed by atoms with Crippen molar-refractivity contribution in [2.24, 2.45) is 5.92 Å². The third-order valence-electron chi connectivity index (χ3n) is 4.92. The van der Waals surface area contributed by atoms with Gasteiger partial charge in [-0.05, 0) is 37.3 Å². The van der Waals surface area contributed by atoms with Gasteiger partial charge < -0.3 is 15.5 Å². The zero-order valence-corrected chi connectivity index (χ0v) is 13.6. The summed E-state index contributed by atoms with van der Waals surface area (Å²) >= 11 is 0. The summed E-state index contributed by atoms with van der Waals surface area (Å²) in [5, 5.41) is 0. The molecule has 124 valence electrons. The van der Waals surface area contributed by atoms with E-state index < -0.39 is 0 Å². The Morgan fingerprint density at radius 3 is 3.00 bits per heavy atom. The summed E-state index contributed by atoms with van der Waals surface area (Å²) in [4.78, 5) is 32.7. The first-order valence-corrected chi connectivity index (χ1v) is 8.40. The van der Waals surface area contributed by atoms with E-state index in [-0.39, 0.29) is 11.8 Å². The molecule has 3 rings (SSSR count). The first-order chi connectivity index (χ1) is 11.1. The van der Waals surface area contributed by atoms with Gasteiger partial charge in [0.2, 0.25) is 5.91 Å². The monoisotopic (exact) mass is 316 g/mol. The van der Waals surface area contributed by atoms with Crippen molar-refractivity contribution in [2.75, 3.05) is 25.4 Å². The number of hydrogen-bond donors (Lipinski definition) is 1. The number of carbonyl (C=O) groups is 2. The summed E-state index contributed by atoms with van der Waals surface area (Å²) < 4.78 is 0. The van der Waals surface area contributed by atoms with Crippen molar-refractivity contribution < 1.29 is 9.59 Å².